The standard InChI is InChI=1S/C16H14F3NO/c17-16(18,19)14-8-11(10-4-2-1-3-5-10)6-12-7-13(9-20)21-15(12)14/h1-6,8,13H,7,9,20H2. The predicted molar refractivity (Wildman–Crippen MR) is 74.1 cm³/mol. The highest BCUT2D eigenvalue weighted by molar-refractivity contribution is 5.68. The van der Waals surface area contributed by atoms with Crippen molar-refractivity contribution in [2.24, 2.45) is 5.73 Å². The smallest absolute Gasteiger partial charge is 0.419 e. The molecule has 3 rings (SSSR count). The maximum atomic E-state index is 13.3. The monoisotopic (exact) mass is 293 g/mol. The molecule has 0 aromatic heterocycles. The molecule has 1 unspecified atom stereocenters. The van der Waals surface area contributed by atoms with Gasteiger partial charge in [0.25, 0.3) is 0 Å². The van der Waals surface area contributed by atoms with E-state index >= 15 is 0 Å². The Bertz CT molecular complexity index is 653. The summed E-state index contributed by atoms with van der Waals surface area (Å²) in [6, 6.07) is 11.9. The van der Waals surface area contributed by atoms with Gasteiger partial charge >= 0.3 is 6.18 Å². The number of nitrogens with two attached hydrogens (primary N) is 1. The molecular formula is C16H14F3NO. The summed E-state index contributed by atoms with van der Waals surface area (Å²) in [6.07, 6.45) is -4.42. The van der Waals surface area contributed by atoms with E-state index in [-0.39, 0.29) is 18.4 Å². The van der Waals surface area contributed by atoms with Gasteiger partial charge < -0.3 is 10.5 Å². The van der Waals surface area contributed by atoms with E-state index in [1.165, 1.54) is 0 Å². The number of halogens is 3. The molecule has 0 saturated carbocycles. The Morgan fingerprint density at radius 3 is 2.43 bits per heavy atom. The van der Waals surface area contributed by atoms with Crippen molar-refractivity contribution in [3.05, 3.63) is 53.6 Å². The third-order valence-corrected chi connectivity index (χ3v) is 3.57. The third-order valence-electron chi connectivity index (χ3n) is 3.57. The van der Waals surface area contributed by atoms with E-state index in [1.807, 2.05) is 6.07 Å². The molecule has 5 heteroatoms. The van der Waals surface area contributed by atoms with Crippen LogP contribution in [0.4, 0.5) is 13.2 Å². The van der Waals surface area contributed by atoms with E-state index in [0.29, 0.717) is 17.5 Å². The van der Waals surface area contributed by atoms with Crippen LogP contribution < -0.4 is 10.5 Å². The number of rotatable bonds is 2. The van der Waals surface area contributed by atoms with Crippen LogP contribution in [0.3, 0.4) is 0 Å². The van der Waals surface area contributed by atoms with Gasteiger partial charge in [-0.05, 0) is 28.8 Å². The Labute approximate surface area is 120 Å². The predicted octanol–water partition coefficient (Wildman–Crippen LogP) is 3.63. The molecule has 110 valence electrons. The molecule has 1 atom stereocenters. The Morgan fingerprint density at radius 1 is 1.10 bits per heavy atom. The van der Waals surface area contributed by atoms with Gasteiger partial charge in [-0.15, -0.1) is 0 Å². The SMILES string of the molecule is NCC1Cc2cc(-c3ccccc3)cc(C(F)(F)F)c2O1. The minimum atomic E-state index is -4.45. The average Bonchev–Trinajstić information content (AvgIpc) is 2.89. The number of fused-ring (bicyclic) bond motifs is 1. The fourth-order valence-electron chi connectivity index (χ4n) is 2.57. The summed E-state index contributed by atoms with van der Waals surface area (Å²) in [6.45, 7) is 0.201. The molecule has 2 aromatic rings. The Morgan fingerprint density at radius 2 is 1.81 bits per heavy atom. The minimum Gasteiger partial charge on any atom is -0.488 e. The van der Waals surface area contributed by atoms with E-state index in [1.54, 1.807) is 30.3 Å². The topological polar surface area (TPSA) is 35.2 Å². The lowest BCUT2D eigenvalue weighted by Gasteiger charge is -2.15. The highest BCUT2D eigenvalue weighted by Gasteiger charge is 2.39. The van der Waals surface area contributed by atoms with Crippen molar-refractivity contribution in [3.8, 4) is 16.9 Å². The lowest BCUT2D eigenvalue weighted by molar-refractivity contribution is -0.138. The van der Waals surface area contributed by atoms with E-state index in [0.717, 1.165) is 11.6 Å². The van der Waals surface area contributed by atoms with Gasteiger partial charge in [0.05, 0.1) is 5.56 Å². The van der Waals surface area contributed by atoms with E-state index in [9.17, 15) is 13.2 Å². The molecular weight excluding hydrogens is 279 g/mol. The summed E-state index contributed by atoms with van der Waals surface area (Å²) < 4.78 is 45.1. The maximum Gasteiger partial charge on any atom is 0.419 e. The van der Waals surface area contributed by atoms with Crippen molar-refractivity contribution in [1.82, 2.24) is 0 Å². The van der Waals surface area contributed by atoms with Crippen LogP contribution in [0.5, 0.6) is 5.75 Å². The van der Waals surface area contributed by atoms with Crippen molar-refractivity contribution < 1.29 is 17.9 Å². The second kappa shape index (κ2) is 5.07. The summed E-state index contributed by atoms with van der Waals surface area (Å²) >= 11 is 0. The quantitative estimate of drug-likeness (QED) is 0.917. The first-order chi connectivity index (χ1) is 9.99. The number of hydrogen-bond donors (Lipinski definition) is 1. The van der Waals surface area contributed by atoms with Crippen molar-refractivity contribution >= 4 is 0 Å². The molecule has 2 aromatic carbocycles. The van der Waals surface area contributed by atoms with Crippen molar-refractivity contribution in [1.29, 1.82) is 0 Å². The molecule has 2 nitrogen and oxygen atoms in total. The highest BCUT2D eigenvalue weighted by atomic mass is 19.4. The van der Waals surface area contributed by atoms with Gasteiger partial charge in [-0.3, -0.25) is 0 Å². The van der Waals surface area contributed by atoms with Gasteiger partial charge in [0.2, 0.25) is 0 Å². The first-order valence-corrected chi connectivity index (χ1v) is 6.65. The van der Waals surface area contributed by atoms with Crippen molar-refractivity contribution in [2.45, 2.75) is 18.7 Å². The van der Waals surface area contributed by atoms with Crippen LogP contribution in [-0.2, 0) is 12.6 Å². The molecule has 0 radical (unpaired) electrons. The van der Waals surface area contributed by atoms with E-state index in [4.69, 9.17) is 10.5 Å². The largest absolute Gasteiger partial charge is 0.488 e. The normalized spacial score (nSPS) is 17.4. The fourth-order valence-corrected chi connectivity index (χ4v) is 2.57. The summed E-state index contributed by atoms with van der Waals surface area (Å²) in [5, 5.41) is 0. The molecule has 1 heterocycles. The summed E-state index contributed by atoms with van der Waals surface area (Å²) in [4.78, 5) is 0. The van der Waals surface area contributed by atoms with Gasteiger partial charge in [-0.2, -0.15) is 13.2 Å². The van der Waals surface area contributed by atoms with E-state index in [2.05, 4.69) is 0 Å². The number of alkyl halides is 3. The van der Waals surface area contributed by atoms with Crippen LogP contribution in [0, 0.1) is 0 Å². The second-order valence-electron chi connectivity index (χ2n) is 5.06. The molecule has 0 aliphatic carbocycles. The molecule has 0 amide bonds. The van der Waals surface area contributed by atoms with Gasteiger partial charge in [0, 0.05) is 13.0 Å². The van der Waals surface area contributed by atoms with Crippen LogP contribution in [0.2, 0.25) is 0 Å². The Hall–Kier alpha value is -2.01. The van der Waals surface area contributed by atoms with Crippen LogP contribution in [0.1, 0.15) is 11.1 Å². The van der Waals surface area contributed by atoms with Gasteiger partial charge in [0.15, 0.2) is 0 Å². The molecule has 0 fully saturated rings. The summed E-state index contributed by atoms with van der Waals surface area (Å²) in [5.41, 5.74) is 6.65. The van der Waals surface area contributed by atoms with Gasteiger partial charge in [-0.1, -0.05) is 30.3 Å². The lowest BCUT2D eigenvalue weighted by atomic mass is 9.97. The number of hydrogen-bond acceptors (Lipinski definition) is 2. The summed E-state index contributed by atoms with van der Waals surface area (Å²) in [7, 11) is 0. The average molecular weight is 293 g/mol. The highest BCUT2D eigenvalue weighted by Crippen LogP contribution is 2.44. The number of benzene rings is 2. The van der Waals surface area contributed by atoms with E-state index < -0.39 is 11.7 Å². The van der Waals surface area contributed by atoms with Crippen molar-refractivity contribution in [2.75, 3.05) is 6.54 Å². The van der Waals surface area contributed by atoms with Crippen LogP contribution in [-0.4, -0.2) is 12.6 Å². The lowest BCUT2D eigenvalue weighted by Crippen LogP contribution is -2.24. The van der Waals surface area contributed by atoms with Gasteiger partial charge in [-0.25, -0.2) is 0 Å². The van der Waals surface area contributed by atoms with Crippen LogP contribution in [0.15, 0.2) is 42.5 Å². The Balaban J connectivity index is 2.14. The maximum absolute atomic E-state index is 13.3. The first kappa shape index (κ1) is 13.9. The zero-order valence-electron chi connectivity index (χ0n) is 11.2. The molecule has 2 N–H and O–H groups in total. The molecule has 0 bridgehead atoms. The third kappa shape index (κ3) is 2.61. The fraction of sp³-hybridized carbons (Fsp3) is 0.250. The Kier molecular flexibility index (Phi) is 3.37. The molecule has 1 aliphatic heterocycles. The second-order valence-corrected chi connectivity index (χ2v) is 5.06. The molecule has 1 aliphatic rings. The van der Waals surface area contributed by atoms with Crippen molar-refractivity contribution in [3.63, 3.8) is 0 Å². The van der Waals surface area contributed by atoms with Crippen LogP contribution >= 0.6 is 0 Å². The van der Waals surface area contributed by atoms with Crippen LogP contribution in [0.25, 0.3) is 11.1 Å². The number of ether oxygens (including phenoxy) is 1. The summed E-state index contributed by atoms with van der Waals surface area (Å²) in [5.74, 6) is -0.0716. The molecule has 0 spiro atoms. The van der Waals surface area contributed by atoms with Gasteiger partial charge in [0.1, 0.15) is 11.9 Å². The zero-order valence-corrected chi connectivity index (χ0v) is 11.2. The minimum absolute atomic E-state index is 0.0716. The first-order valence-electron chi connectivity index (χ1n) is 6.65. The molecule has 21 heavy (non-hydrogen) atoms. The molecule has 0 saturated heterocycles. The zero-order chi connectivity index (χ0) is 15.0.